The highest BCUT2D eigenvalue weighted by atomic mass is 32.2. The van der Waals surface area contributed by atoms with Crippen molar-refractivity contribution in [3.63, 3.8) is 0 Å². The number of fused-ring (bicyclic) bond motifs is 3. The van der Waals surface area contributed by atoms with Crippen molar-refractivity contribution in [1.82, 2.24) is 14.9 Å². The zero-order valence-electron chi connectivity index (χ0n) is 15.5. The maximum Gasteiger partial charge on any atom is 0.232 e. The molecule has 136 valence electrons. The number of aryl methyl sites for hydroxylation is 2. The Morgan fingerprint density at radius 1 is 1.28 bits per heavy atom. The molecule has 0 spiro atoms. The van der Waals surface area contributed by atoms with Crippen molar-refractivity contribution in [1.29, 1.82) is 0 Å². The van der Waals surface area contributed by atoms with Crippen molar-refractivity contribution in [2.24, 2.45) is 5.92 Å². The van der Waals surface area contributed by atoms with E-state index in [1.807, 2.05) is 11.9 Å². The molecule has 0 aliphatic heterocycles. The summed E-state index contributed by atoms with van der Waals surface area (Å²) in [5.74, 6) is 1.21. The average Bonchev–Trinajstić information content (AvgIpc) is 2.97. The van der Waals surface area contributed by atoms with Crippen LogP contribution in [0.4, 0.5) is 0 Å². The van der Waals surface area contributed by atoms with Gasteiger partial charge < -0.3 is 4.90 Å². The quantitative estimate of drug-likeness (QED) is 0.547. The van der Waals surface area contributed by atoms with Gasteiger partial charge in [-0.2, -0.15) is 0 Å². The average molecular weight is 378 g/mol. The smallest absolute Gasteiger partial charge is 0.232 e. The fourth-order valence-corrected chi connectivity index (χ4v) is 5.73. The number of thioether (sulfide) groups is 1. The molecule has 1 atom stereocenters. The Kier molecular flexibility index (Phi) is 6.00. The molecule has 6 heteroatoms. The summed E-state index contributed by atoms with van der Waals surface area (Å²) in [6, 6.07) is 0.271. The zero-order chi connectivity index (χ0) is 18.0. The van der Waals surface area contributed by atoms with Gasteiger partial charge in [0.25, 0.3) is 0 Å². The van der Waals surface area contributed by atoms with E-state index in [1.54, 1.807) is 29.4 Å². The van der Waals surface area contributed by atoms with E-state index in [4.69, 9.17) is 0 Å². The molecule has 0 fully saturated rings. The van der Waals surface area contributed by atoms with E-state index >= 15 is 0 Å². The highest BCUT2D eigenvalue weighted by Crippen LogP contribution is 2.39. The molecule has 0 N–H and O–H groups in total. The number of hydrogen-bond donors (Lipinski definition) is 0. The Morgan fingerprint density at radius 3 is 2.80 bits per heavy atom. The third kappa shape index (κ3) is 4.17. The summed E-state index contributed by atoms with van der Waals surface area (Å²) >= 11 is 3.37. The maximum absolute atomic E-state index is 12.6. The predicted molar refractivity (Wildman–Crippen MR) is 106 cm³/mol. The van der Waals surface area contributed by atoms with Crippen molar-refractivity contribution in [2.75, 3.05) is 12.8 Å². The van der Waals surface area contributed by atoms with Gasteiger partial charge in [0, 0.05) is 23.4 Å². The number of thiophene rings is 1. The number of nitrogens with zero attached hydrogens (tertiary/aromatic N) is 3. The molecule has 25 heavy (non-hydrogen) atoms. The van der Waals surface area contributed by atoms with Crippen LogP contribution < -0.4 is 0 Å². The van der Waals surface area contributed by atoms with E-state index in [0.717, 1.165) is 29.1 Å². The van der Waals surface area contributed by atoms with Gasteiger partial charge >= 0.3 is 0 Å². The molecule has 1 aliphatic rings. The Bertz CT molecular complexity index is 756. The third-order valence-electron chi connectivity index (χ3n) is 4.92. The Balaban J connectivity index is 1.73. The Hall–Kier alpha value is -1.14. The summed E-state index contributed by atoms with van der Waals surface area (Å²) in [7, 11) is 1.91. The fraction of sp³-hybridized carbons (Fsp3) is 0.632. The van der Waals surface area contributed by atoms with Gasteiger partial charge in [-0.1, -0.05) is 25.6 Å². The summed E-state index contributed by atoms with van der Waals surface area (Å²) in [6.45, 7) is 6.52. The van der Waals surface area contributed by atoms with Gasteiger partial charge in [-0.3, -0.25) is 4.79 Å². The Morgan fingerprint density at radius 2 is 2.04 bits per heavy atom. The minimum absolute atomic E-state index is 0.175. The molecule has 2 aromatic rings. The van der Waals surface area contributed by atoms with E-state index in [2.05, 4.69) is 30.7 Å². The molecule has 1 unspecified atom stereocenters. The van der Waals surface area contributed by atoms with Gasteiger partial charge in [0.2, 0.25) is 5.91 Å². The summed E-state index contributed by atoms with van der Waals surface area (Å²) in [5.41, 5.74) is 1.43. The van der Waals surface area contributed by atoms with Gasteiger partial charge in [-0.05, 0) is 50.5 Å². The van der Waals surface area contributed by atoms with Crippen LogP contribution in [0.15, 0.2) is 11.4 Å². The van der Waals surface area contributed by atoms with E-state index < -0.39 is 0 Å². The SMILES string of the molecule is CC(C)CC(C)N(C)C(=O)CSc1ncnc2sc3c(c12)CCCC3. The molecule has 2 heterocycles. The lowest BCUT2D eigenvalue weighted by Crippen LogP contribution is -2.37. The molecule has 0 aromatic carbocycles. The lowest BCUT2D eigenvalue weighted by atomic mass is 9.97. The first-order chi connectivity index (χ1) is 12.0. The normalized spacial score (nSPS) is 15.4. The first-order valence-electron chi connectivity index (χ1n) is 9.11. The minimum atomic E-state index is 0.175. The molecule has 2 aromatic heterocycles. The summed E-state index contributed by atoms with van der Waals surface area (Å²) in [6.07, 6.45) is 7.47. The van der Waals surface area contributed by atoms with Gasteiger partial charge in [-0.25, -0.2) is 9.97 Å². The molecule has 1 amide bonds. The molecule has 4 nitrogen and oxygen atoms in total. The minimum Gasteiger partial charge on any atom is -0.342 e. The highest BCUT2D eigenvalue weighted by Gasteiger charge is 2.22. The van der Waals surface area contributed by atoms with Crippen LogP contribution in [0.5, 0.6) is 0 Å². The predicted octanol–water partition coefficient (Wildman–Crippen LogP) is 4.56. The number of amides is 1. The van der Waals surface area contributed by atoms with Crippen LogP contribution in [0.25, 0.3) is 10.2 Å². The van der Waals surface area contributed by atoms with Gasteiger partial charge in [-0.15, -0.1) is 11.3 Å². The van der Waals surface area contributed by atoms with Gasteiger partial charge in [0.05, 0.1) is 5.75 Å². The van der Waals surface area contributed by atoms with Crippen LogP contribution in [-0.2, 0) is 17.6 Å². The standard InChI is InChI=1S/C19H27N3OS2/c1-12(2)9-13(3)22(4)16(23)10-24-18-17-14-7-5-6-8-15(14)25-19(17)21-11-20-18/h11-13H,5-10H2,1-4H3. The van der Waals surface area contributed by atoms with Crippen molar-refractivity contribution in [3.05, 3.63) is 16.8 Å². The molecule has 0 radical (unpaired) electrons. The first-order valence-corrected chi connectivity index (χ1v) is 10.9. The molecular formula is C19H27N3OS2. The first kappa shape index (κ1) is 18.6. The molecule has 3 rings (SSSR count). The fourth-order valence-electron chi connectivity index (χ4n) is 3.49. The van der Waals surface area contributed by atoms with Gasteiger partial charge in [0.15, 0.2) is 0 Å². The maximum atomic E-state index is 12.6. The number of rotatable bonds is 6. The second-order valence-corrected chi connectivity index (χ2v) is 9.39. The van der Waals surface area contributed by atoms with Crippen molar-refractivity contribution in [3.8, 4) is 0 Å². The van der Waals surface area contributed by atoms with E-state index in [9.17, 15) is 4.79 Å². The molecular weight excluding hydrogens is 350 g/mol. The largest absolute Gasteiger partial charge is 0.342 e. The third-order valence-corrected chi connectivity index (χ3v) is 7.09. The molecule has 0 bridgehead atoms. The summed E-state index contributed by atoms with van der Waals surface area (Å²) in [4.78, 5) is 26.0. The number of hydrogen-bond acceptors (Lipinski definition) is 5. The summed E-state index contributed by atoms with van der Waals surface area (Å²) < 4.78 is 0. The Labute approximate surface area is 158 Å². The summed E-state index contributed by atoms with van der Waals surface area (Å²) in [5, 5.41) is 2.18. The highest BCUT2D eigenvalue weighted by molar-refractivity contribution is 8.00. The van der Waals surface area contributed by atoms with Crippen LogP contribution in [0.2, 0.25) is 0 Å². The molecule has 0 saturated carbocycles. The van der Waals surface area contributed by atoms with Crippen molar-refractivity contribution < 1.29 is 4.79 Å². The van der Waals surface area contributed by atoms with E-state index in [0.29, 0.717) is 11.7 Å². The lowest BCUT2D eigenvalue weighted by Gasteiger charge is -2.26. The number of carbonyl (C=O) groups excluding carboxylic acids is 1. The zero-order valence-corrected chi connectivity index (χ0v) is 17.2. The lowest BCUT2D eigenvalue weighted by molar-refractivity contribution is -0.129. The van der Waals surface area contributed by atoms with Crippen LogP contribution in [0.3, 0.4) is 0 Å². The van der Waals surface area contributed by atoms with Crippen LogP contribution in [-0.4, -0.2) is 39.6 Å². The van der Waals surface area contributed by atoms with E-state index in [-0.39, 0.29) is 11.9 Å². The van der Waals surface area contributed by atoms with Crippen molar-refractivity contribution >= 4 is 39.2 Å². The monoisotopic (exact) mass is 377 g/mol. The number of aromatic nitrogens is 2. The topological polar surface area (TPSA) is 46.1 Å². The second kappa shape index (κ2) is 8.04. The van der Waals surface area contributed by atoms with Crippen LogP contribution >= 0.6 is 23.1 Å². The molecule has 0 saturated heterocycles. The van der Waals surface area contributed by atoms with Crippen molar-refractivity contribution in [2.45, 2.75) is 63.9 Å². The van der Waals surface area contributed by atoms with Crippen LogP contribution in [0, 0.1) is 5.92 Å². The molecule has 1 aliphatic carbocycles. The van der Waals surface area contributed by atoms with E-state index in [1.165, 1.54) is 28.7 Å². The number of carbonyl (C=O) groups is 1. The second-order valence-electron chi connectivity index (χ2n) is 7.34. The van der Waals surface area contributed by atoms with Crippen LogP contribution in [0.1, 0.15) is 50.5 Å². The van der Waals surface area contributed by atoms with Gasteiger partial charge in [0.1, 0.15) is 16.2 Å².